The van der Waals surface area contributed by atoms with E-state index in [1.165, 1.54) is 25.7 Å². The lowest BCUT2D eigenvalue weighted by Gasteiger charge is -2.18. The summed E-state index contributed by atoms with van der Waals surface area (Å²) >= 11 is 0. The van der Waals surface area contributed by atoms with E-state index >= 15 is 0 Å². The van der Waals surface area contributed by atoms with Crippen molar-refractivity contribution >= 4 is 17.6 Å². The zero-order chi connectivity index (χ0) is 28.6. The minimum atomic E-state index is -0.303. The van der Waals surface area contributed by atoms with Gasteiger partial charge in [-0.3, -0.25) is 0 Å². The lowest BCUT2D eigenvalue weighted by molar-refractivity contribution is -0.139. The summed E-state index contributed by atoms with van der Waals surface area (Å²) in [4.78, 5) is 11.3. The van der Waals surface area contributed by atoms with Crippen molar-refractivity contribution in [3.8, 4) is 23.3 Å². The highest BCUT2D eigenvalue weighted by Crippen LogP contribution is 2.32. The SMILES string of the molecule is C=C(C)C(=O)OCCCCCCCCCCCOc1ccc(/C(C#N)=C/c2ccc3c(c2)OCCO3)cc1CO. The van der Waals surface area contributed by atoms with E-state index in [4.69, 9.17) is 18.9 Å². The van der Waals surface area contributed by atoms with Crippen molar-refractivity contribution in [3.63, 3.8) is 0 Å². The molecule has 7 nitrogen and oxygen atoms in total. The van der Waals surface area contributed by atoms with Gasteiger partial charge in [0.25, 0.3) is 0 Å². The third-order valence-corrected chi connectivity index (χ3v) is 6.67. The number of nitriles is 1. The Morgan fingerprint density at radius 1 is 0.950 bits per heavy atom. The highest BCUT2D eigenvalue weighted by molar-refractivity contribution is 5.90. The average molecular weight is 548 g/mol. The van der Waals surface area contributed by atoms with E-state index in [9.17, 15) is 15.2 Å². The van der Waals surface area contributed by atoms with Crippen LogP contribution in [-0.2, 0) is 16.1 Å². The second-order valence-electron chi connectivity index (χ2n) is 10.0. The van der Waals surface area contributed by atoms with Gasteiger partial charge in [-0.2, -0.15) is 5.26 Å². The van der Waals surface area contributed by atoms with Crippen LogP contribution in [0.25, 0.3) is 11.6 Å². The molecule has 2 aromatic rings. The number of aliphatic hydroxyl groups excluding tert-OH is 1. The number of esters is 1. The molecule has 0 aliphatic carbocycles. The molecule has 0 saturated heterocycles. The number of carbonyl (C=O) groups excluding carboxylic acids is 1. The number of aliphatic hydroxyl groups is 1. The van der Waals surface area contributed by atoms with E-state index in [-0.39, 0.29) is 12.6 Å². The van der Waals surface area contributed by atoms with Crippen LogP contribution >= 0.6 is 0 Å². The van der Waals surface area contributed by atoms with Crippen LogP contribution in [0.5, 0.6) is 17.2 Å². The molecule has 0 amide bonds. The normalized spacial score (nSPS) is 12.5. The molecule has 0 spiro atoms. The van der Waals surface area contributed by atoms with Gasteiger partial charge in [-0.1, -0.05) is 57.6 Å². The van der Waals surface area contributed by atoms with Crippen LogP contribution in [0, 0.1) is 11.3 Å². The average Bonchev–Trinajstić information content (AvgIpc) is 2.98. The van der Waals surface area contributed by atoms with Gasteiger partial charge in [0.15, 0.2) is 11.5 Å². The quantitative estimate of drug-likeness (QED) is 0.0747. The molecule has 1 aliphatic rings. The van der Waals surface area contributed by atoms with Crippen molar-refractivity contribution in [1.82, 2.24) is 0 Å². The van der Waals surface area contributed by atoms with Gasteiger partial charge in [-0.15, -0.1) is 0 Å². The van der Waals surface area contributed by atoms with Gasteiger partial charge in [0, 0.05) is 11.1 Å². The molecule has 1 aliphatic heterocycles. The van der Waals surface area contributed by atoms with E-state index in [1.807, 2.05) is 36.4 Å². The van der Waals surface area contributed by atoms with Gasteiger partial charge in [-0.25, -0.2) is 4.79 Å². The lowest BCUT2D eigenvalue weighted by atomic mass is 10.0. The molecule has 0 bridgehead atoms. The summed E-state index contributed by atoms with van der Waals surface area (Å²) in [6.45, 7) is 7.18. The van der Waals surface area contributed by atoms with Crippen LogP contribution in [0.1, 0.15) is 81.4 Å². The lowest BCUT2D eigenvalue weighted by Crippen LogP contribution is -2.15. The van der Waals surface area contributed by atoms with Crippen molar-refractivity contribution in [2.45, 2.75) is 71.3 Å². The van der Waals surface area contributed by atoms with Crippen LogP contribution in [-0.4, -0.2) is 37.5 Å². The summed E-state index contributed by atoms with van der Waals surface area (Å²) in [5.41, 5.74) is 3.17. The summed E-state index contributed by atoms with van der Waals surface area (Å²) in [5.74, 6) is 1.73. The van der Waals surface area contributed by atoms with Gasteiger partial charge in [0.1, 0.15) is 19.0 Å². The number of carbonyl (C=O) groups is 1. The highest BCUT2D eigenvalue weighted by atomic mass is 16.6. The fourth-order valence-corrected chi connectivity index (χ4v) is 4.42. The standard InChI is InChI=1S/C33H41NO6/c1-25(2)33(36)40-17-11-9-7-5-3-4-6-8-10-16-37-30-15-13-27(22-29(30)24-35)28(23-34)20-26-12-14-31-32(21-26)39-19-18-38-31/h12-15,20-22,35H,1,3-11,16-19,24H2,2H3/b28-20+. The number of unbranched alkanes of at least 4 members (excludes halogenated alkanes) is 8. The molecule has 0 fully saturated rings. The van der Waals surface area contributed by atoms with E-state index in [2.05, 4.69) is 12.6 Å². The molecular weight excluding hydrogens is 506 g/mol. The third-order valence-electron chi connectivity index (χ3n) is 6.67. The van der Waals surface area contributed by atoms with Crippen LogP contribution in [0.15, 0.2) is 48.6 Å². The summed E-state index contributed by atoms with van der Waals surface area (Å²) in [6.07, 6.45) is 11.8. The number of hydrogen-bond donors (Lipinski definition) is 1. The highest BCUT2D eigenvalue weighted by Gasteiger charge is 2.13. The Morgan fingerprint density at radius 2 is 1.60 bits per heavy atom. The first-order chi connectivity index (χ1) is 19.5. The van der Waals surface area contributed by atoms with Crippen molar-refractivity contribution in [2.24, 2.45) is 0 Å². The first-order valence-corrected chi connectivity index (χ1v) is 14.2. The van der Waals surface area contributed by atoms with Gasteiger partial charge in [0.05, 0.1) is 31.5 Å². The van der Waals surface area contributed by atoms with Crippen molar-refractivity contribution in [2.75, 3.05) is 26.4 Å². The molecule has 2 aromatic carbocycles. The summed E-state index contributed by atoms with van der Waals surface area (Å²) in [5, 5.41) is 19.7. The van der Waals surface area contributed by atoms with Crippen molar-refractivity contribution in [1.29, 1.82) is 5.26 Å². The number of hydrogen-bond acceptors (Lipinski definition) is 7. The van der Waals surface area contributed by atoms with Crippen molar-refractivity contribution < 1.29 is 28.8 Å². The third kappa shape index (κ3) is 10.1. The molecule has 0 atom stereocenters. The summed E-state index contributed by atoms with van der Waals surface area (Å²) in [7, 11) is 0. The molecule has 1 heterocycles. The Bertz CT molecular complexity index is 1200. The molecule has 0 saturated carbocycles. The van der Waals surface area contributed by atoms with Crippen LogP contribution < -0.4 is 14.2 Å². The van der Waals surface area contributed by atoms with E-state index in [1.54, 1.807) is 13.0 Å². The predicted molar refractivity (Wildman–Crippen MR) is 156 cm³/mol. The summed E-state index contributed by atoms with van der Waals surface area (Å²) in [6, 6.07) is 13.4. The Hall–Kier alpha value is -3.76. The van der Waals surface area contributed by atoms with Crippen LogP contribution in [0.3, 0.4) is 0 Å². The Balaban J connectivity index is 1.35. The van der Waals surface area contributed by atoms with Crippen LogP contribution in [0.4, 0.5) is 0 Å². The zero-order valence-electron chi connectivity index (χ0n) is 23.6. The fraction of sp³-hybridized carbons (Fsp3) is 0.455. The Labute approximate surface area is 238 Å². The van der Waals surface area contributed by atoms with Gasteiger partial charge in [0.2, 0.25) is 0 Å². The maximum Gasteiger partial charge on any atom is 0.333 e. The number of rotatable bonds is 17. The molecule has 0 aromatic heterocycles. The first-order valence-electron chi connectivity index (χ1n) is 14.2. The molecule has 0 unspecified atom stereocenters. The number of benzene rings is 2. The second-order valence-corrected chi connectivity index (χ2v) is 10.0. The first kappa shape index (κ1) is 30.8. The second kappa shape index (κ2) is 17.0. The number of allylic oxidation sites excluding steroid dienone is 1. The van der Waals surface area contributed by atoms with Gasteiger partial charge in [-0.05, 0) is 67.3 Å². The molecule has 1 N–H and O–H groups in total. The summed E-state index contributed by atoms with van der Waals surface area (Å²) < 4.78 is 22.3. The predicted octanol–water partition coefficient (Wildman–Crippen LogP) is 7.02. The van der Waals surface area contributed by atoms with E-state index < -0.39 is 0 Å². The molecule has 214 valence electrons. The van der Waals surface area contributed by atoms with Gasteiger partial charge >= 0.3 is 5.97 Å². The molecule has 40 heavy (non-hydrogen) atoms. The minimum absolute atomic E-state index is 0.164. The molecule has 0 radical (unpaired) electrons. The largest absolute Gasteiger partial charge is 0.493 e. The number of ether oxygens (including phenoxy) is 4. The Kier molecular flexibility index (Phi) is 13.1. The van der Waals surface area contributed by atoms with E-state index in [0.717, 1.165) is 43.2 Å². The maximum atomic E-state index is 11.3. The molecule has 3 rings (SSSR count). The van der Waals surface area contributed by atoms with Crippen LogP contribution in [0.2, 0.25) is 0 Å². The Morgan fingerprint density at radius 3 is 2.25 bits per heavy atom. The number of nitrogens with zero attached hydrogens (tertiary/aromatic N) is 1. The molecule has 7 heteroatoms. The number of fused-ring (bicyclic) bond motifs is 1. The topological polar surface area (TPSA) is 98.0 Å². The monoisotopic (exact) mass is 547 g/mol. The van der Waals surface area contributed by atoms with Gasteiger partial charge < -0.3 is 24.1 Å². The smallest absolute Gasteiger partial charge is 0.333 e. The van der Waals surface area contributed by atoms with E-state index in [0.29, 0.717) is 60.4 Å². The molecular formula is C33H41NO6. The minimum Gasteiger partial charge on any atom is -0.493 e. The fourth-order valence-electron chi connectivity index (χ4n) is 4.42. The zero-order valence-corrected chi connectivity index (χ0v) is 23.6. The van der Waals surface area contributed by atoms with Crippen molar-refractivity contribution in [3.05, 3.63) is 65.2 Å². The maximum absolute atomic E-state index is 11.3.